The first-order valence-electron chi connectivity index (χ1n) is 5.76. The van der Waals surface area contributed by atoms with Crippen molar-refractivity contribution in [3.05, 3.63) is 35.9 Å². The lowest BCUT2D eigenvalue weighted by Gasteiger charge is -2.32. The largest absolute Gasteiger partial charge is 0.378 e. The average molecular weight is 221 g/mol. The minimum atomic E-state index is 0.400. The molecule has 3 heteroatoms. The zero-order chi connectivity index (χ0) is 11.2. The lowest BCUT2D eigenvalue weighted by Crippen LogP contribution is -2.45. The molecule has 1 aromatic rings. The second-order valence-electron chi connectivity index (χ2n) is 4.21. The molecule has 1 fully saturated rings. The monoisotopic (exact) mass is 221 g/mol. The molecule has 1 aromatic carbocycles. The topological polar surface area (TPSA) is 21.7 Å². The first kappa shape index (κ1) is 11.6. The smallest absolute Gasteiger partial charge is 0.0717 e. The normalized spacial score (nSPS) is 22.2. The Hall–Kier alpha value is -0.900. The van der Waals surface area contributed by atoms with E-state index in [2.05, 4.69) is 24.1 Å². The Balaban J connectivity index is 1.71. The molecule has 16 heavy (non-hydrogen) atoms. The van der Waals surface area contributed by atoms with Crippen LogP contribution in [0.15, 0.2) is 30.3 Å². The summed E-state index contributed by atoms with van der Waals surface area (Å²) in [6, 6.07) is 10.7. The molecule has 0 aliphatic carbocycles. The maximum absolute atomic E-state index is 5.71. The fraction of sp³-hybridized carbons (Fsp3) is 0.538. The summed E-state index contributed by atoms with van der Waals surface area (Å²) in [4.78, 5) is 2.30. The molecule has 3 nitrogen and oxygen atoms in total. The van der Waals surface area contributed by atoms with E-state index in [-0.39, 0.29) is 0 Å². The fourth-order valence-electron chi connectivity index (χ4n) is 1.80. The summed E-state index contributed by atoms with van der Waals surface area (Å²) in [5, 5.41) is 0. The Labute approximate surface area is 97.0 Å². The van der Waals surface area contributed by atoms with E-state index in [0.29, 0.717) is 12.6 Å². The van der Waals surface area contributed by atoms with Crippen LogP contribution >= 0.6 is 0 Å². The molecule has 0 aromatic heterocycles. The van der Waals surface area contributed by atoms with Gasteiger partial charge < -0.3 is 9.47 Å². The van der Waals surface area contributed by atoms with Gasteiger partial charge in [0.15, 0.2) is 0 Å². The van der Waals surface area contributed by atoms with E-state index in [0.717, 1.165) is 26.4 Å². The van der Waals surface area contributed by atoms with Crippen LogP contribution in [0, 0.1) is 0 Å². The van der Waals surface area contributed by atoms with Crippen LogP contribution in [0.25, 0.3) is 0 Å². The van der Waals surface area contributed by atoms with Gasteiger partial charge in [-0.15, -0.1) is 0 Å². The number of morpholine rings is 1. The van der Waals surface area contributed by atoms with Gasteiger partial charge in [0.25, 0.3) is 0 Å². The SMILES string of the molecule is CN1CCOC[C@H]1COCc1ccccc1. The molecule has 1 heterocycles. The predicted molar refractivity (Wildman–Crippen MR) is 63.3 cm³/mol. The number of nitrogens with zero attached hydrogens (tertiary/aromatic N) is 1. The van der Waals surface area contributed by atoms with Crippen molar-refractivity contribution < 1.29 is 9.47 Å². The molecule has 1 aliphatic rings. The van der Waals surface area contributed by atoms with Gasteiger partial charge in [-0.05, 0) is 12.6 Å². The number of rotatable bonds is 4. The molecule has 2 rings (SSSR count). The van der Waals surface area contributed by atoms with E-state index in [1.54, 1.807) is 0 Å². The lowest BCUT2D eigenvalue weighted by molar-refractivity contribution is -0.0352. The molecule has 1 aliphatic heterocycles. The molecule has 0 amide bonds. The highest BCUT2D eigenvalue weighted by atomic mass is 16.5. The first-order valence-corrected chi connectivity index (χ1v) is 5.76. The van der Waals surface area contributed by atoms with Crippen LogP contribution in [-0.4, -0.2) is 44.4 Å². The molecular weight excluding hydrogens is 202 g/mol. The Kier molecular flexibility index (Phi) is 4.34. The Morgan fingerprint density at radius 3 is 2.94 bits per heavy atom. The summed E-state index contributed by atoms with van der Waals surface area (Å²) in [6.45, 7) is 4.05. The number of likely N-dealkylation sites (N-methyl/N-ethyl adjacent to an activating group) is 1. The van der Waals surface area contributed by atoms with Crippen LogP contribution in [0.3, 0.4) is 0 Å². The molecule has 88 valence electrons. The Morgan fingerprint density at radius 2 is 2.19 bits per heavy atom. The van der Waals surface area contributed by atoms with Crippen LogP contribution in [-0.2, 0) is 16.1 Å². The molecule has 0 N–H and O–H groups in total. The van der Waals surface area contributed by atoms with Gasteiger partial charge in [-0.25, -0.2) is 0 Å². The molecule has 0 bridgehead atoms. The quantitative estimate of drug-likeness (QED) is 0.769. The maximum atomic E-state index is 5.71. The van der Waals surface area contributed by atoms with E-state index in [9.17, 15) is 0 Å². The number of ether oxygens (including phenoxy) is 2. The van der Waals surface area contributed by atoms with Crippen LogP contribution in [0.4, 0.5) is 0 Å². The summed E-state index contributed by atoms with van der Waals surface area (Å²) in [6.07, 6.45) is 0. The Morgan fingerprint density at radius 1 is 1.38 bits per heavy atom. The molecular formula is C13H19NO2. The third-order valence-corrected chi connectivity index (χ3v) is 2.94. The zero-order valence-corrected chi connectivity index (χ0v) is 9.76. The molecule has 1 saturated heterocycles. The second-order valence-corrected chi connectivity index (χ2v) is 4.21. The van der Waals surface area contributed by atoms with Crippen molar-refractivity contribution >= 4 is 0 Å². The molecule has 1 atom stereocenters. The van der Waals surface area contributed by atoms with Crippen LogP contribution in [0.1, 0.15) is 5.56 Å². The molecule has 0 unspecified atom stereocenters. The van der Waals surface area contributed by atoms with Crippen LogP contribution in [0.5, 0.6) is 0 Å². The maximum Gasteiger partial charge on any atom is 0.0717 e. The fourth-order valence-corrected chi connectivity index (χ4v) is 1.80. The number of hydrogen-bond donors (Lipinski definition) is 0. The van der Waals surface area contributed by atoms with Gasteiger partial charge in [-0.2, -0.15) is 0 Å². The van der Waals surface area contributed by atoms with E-state index in [1.807, 2.05) is 18.2 Å². The van der Waals surface area contributed by atoms with E-state index < -0.39 is 0 Å². The van der Waals surface area contributed by atoms with Crippen molar-refractivity contribution in [2.45, 2.75) is 12.6 Å². The van der Waals surface area contributed by atoms with Gasteiger partial charge >= 0.3 is 0 Å². The second kappa shape index (κ2) is 5.99. The minimum Gasteiger partial charge on any atom is -0.378 e. The number of hydrogen-bond acceptors (Lipinski definition) is 3. The van der Waals surface area contributed by atoms with Gasteiger partial charge in [0, 0.05) is 6.54 Å². The van der Waals surface area contributed by atoms with E-state index in [4.69, 9.17) is 9.47 Å². The molecule has 0 radical (unpaired) electrons. The van der Waals surface area contributed by atoms with Gasteiger partial charge in [0.1, 0.15) is 0 Å². The molecule has 0 saturated carbocycles. The van der Waals surface area contributed by atoms with E-state index >= 15 is 0 Å². The van der Waals surface area contributed by atoms with Crippen molar-refractivity contribution in [1.29, 1.82) is 0 Å². The van der Waals surface area contributed by atoms with Crippen LogP contribution in [0.2, 0.25) is 0 Å². The lowest BCUT2D eigenvalue weighted by atomic mass is 10.2. The Bertz CT molecular complexity index is 302. The summed E-state index contributed by atoms with van der Waals surface area (Å²) >= 11 is 0. The highest BCUT2D eigenvalue weighted by molar-refractivity contribution is 5.13. The van der Waals surface area contributed by atoms with Crippen molar-refractivity contribution in [3.63, 3.8) is 0 Å². The summed E-state index contributed by atoms with van der Waals surface area (Å²) < 4.78 is 11.1. The number of benzene rings is 1. The summed E-state index contributed by atoms with van der Waals surface area (Å²) in [5.74, 6) is 0. The van der Waals surface area contributed by atoms with Crippen molar-refractivity contribution in [3.8, 4) is 0 Å². The third-order valence-electron chi connectivity index (χ3n) is 2.94. The van der Waals surface area contributed by atoms with Gasteiger partial charge in [0.2, 0.25) is 0 Å². The standard InChI is InChI=1S/C13H19NO2/c1-14-7-8-15-10-13(14)11-16-9-12-5-3-2-4-6-12/h2-6,13H,7-11H2,1H3/t13-/m0/s1. The van der Waals surface area contributed by atoms with Crippen molar-refractivity contribution in [1.82, 2.24) is 4.90 Å². The first-order chi connectivity index (χ1) is 7.86. The highest BCUT2D eigenvalue weighted by Gasteiger charge is 2.19. The summed E-state index contributed by atoms with van der Waals surface area (Å²) in [7, 11) is 2.12. The van der Waals surface area contributed by atoms with Gasteiger partial charge in [0.05, 0.1) is 32.5 Å². The molecule has 0 spiro atoms. The predicted octanol–water partition coefficient (Wildman–Crippen LogP) is 1.53. The van der Waals surface area contributed by atoms with E-state index in [1.165, 1.54) is 5.56 Å². The van der Waals surface area contributed by atoms with Crippen LogP contribution < -0.4 is 0 Å². The van der Waals surface area contributed by atoms with Crippen molar-refractivity contribution in [2.24, 2.45) is 0 Å². The average Bonchev–Trinajstić information content (AvgIpc) is 2.33. The minimum absolute atomic E-state index is 0.400. The van der Waals surface area contributed by atoms with Gasteiger partial charge in [-0.1, -0.05) is 30.3 Å². The highest BCUT2D eigenvalue weighted by Crippen LogP contribution is 2.06. The zero-order valence-electron chi connectivity index (χ0n) is 9.76. The van der Waals surface area contributed by atoms with Gasteiger partial charge in [-0.3, -0.25) is 4.90 Å². The van der Waals surface area contributed by atoms with Crippen molar-refractivity contribution in [2.75, 3.05) is 33.4 Å². The third kappa shape index (κ3) is 3.30. The summed E-state index contributed by atoms with van der Waals surface area (Å²) in [5.41, 5.74) is 1.22.